The Hall–Kier alpha value is -0.580. The van der Waals surface area contributed by atoms with Crippen molar-refractivity contribution in [1.29, 1.82) is 0 Å². The van der Waals surface area contributed by atoms with Gasteiger partial charge in [-0.3, -0.25) is 5.04 Å². The molecule has 0 radical (unpaired) electrons. The summed E-state index contributed by atoms with van der Waals surface area (Å²) in [6.07, 6.45) is -1.50. The van der Waals surface area contributed by atoms with Crippen molar-refractivity contribution >= 4 is 18.0 Å². The van der Waals surface area contributed by atoms with Gasteiger partial charge in [0.1, 0.15) is 6.10 Å². The molecule has 142 valence electrons. The van der Waals surface area contributed by atoms with E-state index in [9.17, 15) is 27.6 Å². The van der Waals surface area contributed by atoms with Crippen LogP contribution in [0.3, 0.4) is 0 Å². The Bertz CT molecular complexity index is 561. The summed E-state index contributed by atoms with van der Waals surface area (Å²) in [4.78, 5) is 11.9. The Labute approximate surface area is 145 Å². The number of carbonyl (C=O) groups excluding carboxylic acids is 1. The number of hydrogen-bond donors (Lipinski definition) is 0. The highest BCUT2D eigenvalue weighted by Gasteiger charge is 2.68. The third kappa shape index (κ3) is 2.59. The first-order chi connectivity index (χ1) is 11.8. The second-order valence-electron chi connectivity index (χ2n) is 7.64. The van der Waals surface area contributed by atoms with Crippen molar-refractivity contribution in [2.45, 2.75) is 49.4 Å². The van der Waals surface area contributed by atoms with Gasteiger partial charge in [-0.1, -0.05) is 0 Å². The molecule has 0 aromatic heterocycles. The molecule has 4 saturated carbocycles. The fourth-order valence-corrected chi connectivity index (χ4v) is 6.44. The Morgan fingerprint density at radius 2 is 1.68 bits per heavy atom. The molecule has 0 saturated heterocycles. The number of carbonyl (C=O) groups is 1. The van der Waals surface area contributed by atoms with Crippen LogP contribution in [0.15, 0.2) is 0 Å². The van der Waals surface area contributed by atoms with E-state index in [2.05, 4.69) is 9.37 Å². The van der Waals surface area contributed by atoms with Crippen LogP contribution in [0.2, 0.25) is 0 Å². The molecule has 4 aliphatic rings. The third-order valence-electron chi connectivity index (χ3n) is 6.74. The average molecular weight is 385 g/mol. The van der Waals surface area contributed by atoms with Crippen LogP contribution < -0.4 is 5.26 Å². The molecule has 0 aromatic carbocycles. The fourth-order valence-electron chi connectivity index (χ4n) is 6.11. The fraction of sp³-hybridized carbons (Fsp3) is 0.933. The van der Waals surface area contributed by atoms with Gasteiger partial charge in [0.05, 0.1) is 12.0 Å². The van der Waals surface area contributed by atoms with Crippen LogP contribution >= 0.6 is 12.0 Å². The molecule has 5 nitrogen and oxygen atoms in total. The number of ether oxygens (including phenoxy) is 1. The molecule has 4 rings (SSSR count). The number of rotatable bonds is 5. The van der Waals surface area contributed by atoms with Gasteiger partial charge < -0.3 is 9.99 Å². The monoisotopic (exact) mass is 385 g/mol. The Morgan fingerprint density at radius 3 is 2.32 bits per heavy atom. The van der Waals surface area contributed by atoms with Crippen LogP contribution in [-0.4, -0.2) is 23.3 Å². The molecule has 0 amide bonds. The molecule has 0 aromatic rings. The average Bonchev–Trinajstić information content (AvgIpc) is 3.29. The molecule has 0 spiro atoms. The van der Waals surface area contributed by atoms with Crippen LogP contribution in [0.5, 0.6) is 0 Å². The lowest BCUT2D eigenvalue weighted by molar-refractivity contribution is -0.777. The SMILES string of the molecule is O=C(OC1CC2CC1C1C3CCC(C3)C21)C(F)(SOO[O-])C(F)(F)F. The zero-order valence-corrected chi connectivity index (χ0v) is 13.9. The van der Waals surface area contributed by atoms with Crippen molar-refractivity contribution in [3.05, 3.63) is 0 Å². The molecular formula is C15H17F4O5S-. The summed E-state index contributed by atoms with van der Waals surface area (Å²) in [6, 6.07) is 0. The van der Waals surface area contributed by atoms with Crippen LogP contribution in [0.4, 0.5) is 17.6 Å². The summed E-state index contributed by atoms with van der Waals surface area (Å²) in [5.41, 5.74) is 0. The van der Waals surface area contributed by atoms with E-state index >= 15 is 0 Å². The van der Waals surface area contributed by atoms with Gasteiger partial charge >= 0.3 is 17.1 Å². The molecule has 4 aliphatic carbocycles. The lowest BCUT2D eigenvalue weighted by Gasteiger charge is -2.38. The molecule has 25 heavy (non-hydrogen) atoms. The van der Waals surface area contributed by atoms with Gasteiger partial charge in [0.15, 0.2) is 0 Å². The van der Waals surface area contributed by atoms with Gasteiger partial charge in [-0.15, -0.1) is 0 Å². The second-order valence-corrected chi connectivity index (χ2v) is 8.50. The summed E-state index contributed by atoms with van der Waals surface area (Å²) in [5.74, 6) is 0.475. The highest BCUT2D eigenvalue weighted by atomic mass is 32.2. The maximum atomic E-state index is 14.2. The van der Waals surface area contributed by atoms with Gasteiger partial charge in [-0.05, 0) is 67.6 Å². The summed E-state index contributed by atoms with van der Waals surface area (Å²) in [7, 11) is 0. The molecule has 10 heteroatoms. The largest absolute Gasteiger partial charge is 0.691 e. The second kappa shape index (κ2) is 5.97. The van der Waals surface area contributed by atoms with Crippen LogP contribution in [0, 0.1) is 35.5 Å². The van der Waals surface area contributed by atoms with Crippen molar-refractivity contribution < 1.29 is 41.7 Å². The van der Waals surface area contributed by atoms with E-state index in [1.54, 1.807) is 0 Å². The summed E-state index contributed by atoms with van der Waals surface area (Å²) >= 11 is -1.03. The molecule has 0 N–H and O–H groups in total. The van der Waals surface area contributed by atoms with E-state index in [-0.39, 0.29) is 5.92 Å². The minimum atomic E-state index is -5.60. The smallest absolute Gasteiger partial charge is 0.446 e. The van der Waals surface area contributed by atoms with Crippen LogP contribution in [0.1, 0.15) is 32.1 Å². The number of alkyl halides is 4. The maximum Gasteiger partial charge on any atom is 0.446 e. The van der Waals surface area contributed by atoms with Crippen molar-refractivity contribution in [2.75, 3.05) is 0 Å². The van der Waals surface area contributed by atoms with Crippen molar-refractivity contribution in [2.24, 2.45) is 35.5 Å². The first-order valence-electron chi connectivity index (χ1n) is 8.37. The van der Waals surface area contributed by atoms with Gasteiger partial charge in [0.2, 0.25) is 0 Å². The van der Waals surface area contributed by atoms with E-state index in [0.29, 0.717) is 36.0 Å². The highest BCUT2D eigenvalue weighted by Crippen LogP contribution is 2.68. The van der Waals surface area contributed by atoms with Crippen molar-refractivity contribution in [1.82, 2.24) is 0 Å². The van der Waals surface area contributed by atoms with E-state index < -0.39 is 35.3 Å². The molecule has 4 fully saturated rings. The maximum absolute atomic E-state index is 14.2. The normalized spacial score (nSPS) is 44.0. The topological polar surface area (TPSA) is 67.8 Å². The predicted molar refractivity (Wildman–Crippen MR) is 73.6 cm³/mol. The Kier molecular flexibility index (Phi) is 4.25. The van der Waals surface area contributed by atoms with E-state index in [1.807, 2.05) is 0 Å². The zero-order chi connectivity index (χ0) is 18.0. The third-order valence-corrected chi connectivity index (χ3v) is 7.49. The number of halogens is 4. The lowest BCUT2D eigenvalue weighted by atomic mass is 9.70. The molecule has 0 aliphatic heterocycles. The number of esters is 1. The van der Waals surface area contributed by atoms with E-state index in [1.165, 1.54) is 6.42 Å². The van der Waals surface area contributed by atoms with Crippen molar-refractivity contribution in [3.63, 3.8) is 0 Å². The standard InChI is InChI=1S/C15H18F4O5S/c16-14(15(17,18)19,25-24-23-21)13(20)22-10-5-8-4-9(10)12-7-2-1-6(3-7)11(8)12/h6-12,21H,1-5H2/p-1. The molecular weight excluding hydrogens is 368 g/mol. The lowest BCUT2D eigenvalue weighted by Crippen LogP contribution is -2.49. The van der Waals surface area contributed by atoms with E-state index in [4.69, 9.17) is 4.74 Å². The number of hydrogen-bond acceptors (Lipinski definition) is 6. The first kappa shape index (κ1) is 17.8. The molecule has 0 heterocycles. The highest BCUT2D eigenvalue weighted by molar-refractivity contribution is 7.96. The minimum Gasteiger partial charge on any atom is -0.691 e. The van der Waals surface area contributed by atoms with Gasteiger partial charge in [-0.2, -0.15) is 17.5 Å². The quantitative estimate of drug-likeness (QED) is 0.181. The molecule has 4 bridgehead atoms. The molecule has 8 atom stereocenters. The van der Waals surface area contributed by atoms with Crippen molar-refractivity contribution in [3.8, 4) is 0 Å². The summed E-state index contributed by atoms with van der Waals surface area (Å²) in [5, 5.41) is 8.01. The zero-order valence-electron chi connectivity index (χ0n) is 13.0. The van der Waals surface area contributed by atoms with Gasteiger partial charge in [-0.25, -0.2) is 9.18 Å². The van der Waals surface area contributed by atoms with Gasteiger partial charge in [0.25, 0.3) is 0 Å². The number of fused-ring (bicyclic) bond motifs is 9. The summed E-state index contributed by atoms with van der Waals surface area (Å²) in [6.45, 7) is 0. The molecule has 8 unspecified atom stereocenters. The minimum absolute atomic E-state index is 0.00779. The van der Waals surface area contributed by atoms with Crippen LogP contribution in [-0.2, 0) is 18.9 Å². The Balaban J connectivity index is 1.46. The first-order valence-corrected chi connectivity index (χ1v) is 9.11. The van der Waals surface area contributed by atoms with Gasteiger partial charge in [0, 0.05) is 0 Å². The summed E-state index contributed by atoms with van der Waals surface area (Å²) < 4.78 is 61.4. The predicted octanol–water partition coefficient (Wildman–Crippen LogP) is 2.70. The van der Waals surface area contributed by atoms with Crippen LogP contribution in [0.25, 0.3) is 0 Å². The Morgan fingerprint density at radius 1 is 1.00 bits per heavy atom. The van der Waals surface area contributed by atoms with E-state index in [0.717, 1.165) is 19.3 Å².